The molecule has 0 spiro atoms. The molecule has 36 heavy (non-hydrogen) atoms. The molecule has 3 heterocycles. The Bertz CT molecular complexity index is 1210. The standard InChI is InChI=1S/C23H23F4N7O2/c1-33(2)19-10-15(23(25,26)27)9-18(11-19)31-17-4-3-16(28-12-17)13-30-36-22-29-14-20(24)21(32-22)34-5-7-35-8-6-34/h3-4,9-14,31H,5-8H2,1-2H3/b30-13+. The van der Waals surface area contributed by atoms with E-state index >= 15 is 0 Å². The van der Waals surface area contributed by atoms with Crippen molar-refractivity contribution >= 4 is 29.1 Å². The summed E-state index contributed by atoms with van der Waals surface area (Å²) >= 11 is 0. The summed E-state index contributed by atoms with van der Waals surface area (Å²) in [6.07, 6.45) is -0.712. The first kappa shape index (κ1) is 25.1. The minimum atomic E-state index is -4.47. The third kappa shape index (κ3) is 6.36. The highest BCUT2D eigenvalue weighted by molar-refractivity contribution is 5.77. The molecule has 3 aromatic rings. The van der Waals surface area contributed by atoms with Crippen LogP contribution in [0.25, 0.3) is 0 Å². The first-order chi connectivity index (χ1) is 17.2. The molecule has 0 bridgehead atoms. The van der Waals surface area contributed by atoms with Crippen molar-refractivity contribution in [3.63, 3.8) is 0 Å². The van der Waals surface area contributed by atoms with Crippen LogP contribution in [-0.4, -0.2) is 61.6 Å². The van der Waals surface area contributed by atoms with E-state index in [0.29, 0.717) is 43.4 Å². The molecule has 1 aromatic carbocycles. The molecule has 13 heteroatoms. The van der Waals surface area contributed by atoms with Crippen molar-refractivity contribution in [2.24, 2.45) is 5.16 Å². The van der Waals surface area contributed by atoms with Gasteiger partial charge in [-0.05, 0) is 30.3 Å². The molecule has 1 saturated heterocycles. The molecule has 9 nitrogen and oxygen atoms in total. The molecular weight excluding hydrogens is 482 g/mol. The van der Waals surface area contributed by atoms with E-state index < -0.39 is 17.6 Å². The number of ether oxygens (including phenoxy) is 1. The summed E-state index contributed by atoms with van der Waals surface area (Å²) in [5.74, 6) is -0.462. The summed E-state index contributed by atoms with van der Waals surface area (Å²) in [5.41, 5.74) is 0.804. The Morgan fingerprint density at radius 1 is 1.08 bits per heavy atom. The molecule has 0 aliphatic carbocycles. The van der Waals surface area contributed by atoms with E-state index in [2.05, 4.69) is 25.4 Å². The summed E-state index contributed by atoms with van der Waals surface area (Å²) in [7, 11) is 3.33. The molecular formula is C23H23F4N7O2. The smallest absolute Gasteiger partial charge is 0.378 e. The number of oxime groups is 1. The summed E-state index contributed by atoms with van der Waals surface area (Å²) < 4.78 is 59.1. The average molecular weight is 505 g/mol. The number of nitrogens with zero attached hydrogens (tertiary/aromatic N) is 6. The van der Waals surface area contributed by atoms with Crippen LogP contribution >= 0.6 is 0 Å². The predicted molar refractivity (Wildman–Crippen MR) is 127 cm³/mol. The molecule has 0 amide bonds. The minimum absolute atomic E-state index is 0.110. The first-order valence-corrected chi connectivity index (χ1v) is 10.9. The van der Waals surface area contributed by atoms with Crippen molar-refractivity contribution < 1.29 is 27.1 Å². The van der Waals surface area contributed by atoms with E-state index in [4.69, 9.17) is 9.57 Å². The highest BCUT2D eigenvalue weighted by Crippen LogP contribution is 2.34. The maximum Gasteiger partial charge on any atom is 0.416 e. The van der Waals surface area contributed by atoms with E-state index in [-0.39, 0.29) is 17.5 Å². The van der Waals surface area contributed by atoms with Gasteiger partial charge < -0.3 is 24.7 Å². The molecule has 0 unspecified atom stereocenters. The lowest BCUT2D eigenvalue weighted by Gasteiger charge is -2.27. The fraction of sp³-hybridized carbons (Fsp3) is 0.304. The van der Waals surface area contributed by atoms with E-state index in [1.807, 2.05) is 0 Å². The first-order valence-electron chi connectivity index (χ1n) is 10.9. The Labute approximate surface area is 204 Å². The highest BCUT2D eigenvalue weighted by Gasteiger charge is 2.31. The van der Waals surface area contributed by atoms with Crippen LogP contribution in [-0.2, 0) is 10.9 Å². The van der Waals surface area contributed by atoms with Gasteiger partial charge in [0.25, 0.3) is 0 Å². The van der Waals surface area contributed by atoms with E-state index in [9.17, 15) is 17.6 Å². The molecule has 1 N–H and O–H groups in total. The van der Waals surface area contributed by atoms with Crippen molar-refractivity contribution in [1.82, 2.24) is 15.0 Å². The summed E-state index contributed by atoms with van der Waals surface area (Å²) in [6.45, 7) is 1.94. The second-order valence-electron chi connectivity index (χ2n) is 8.01. The van der Waals surface area contributed by atoms with Gasteiger partial charge in [-0.25, -0.2) is 4.39 Å². The molecule has 1 aliphatic rings. The van der Waals surface area contributed by atoms with Crippen LogP contribution in [0.5, 0.6) is 6.01 Å². The summed E-state index contributed by atoms with van der Waals surface area (Å²) in [6, 6.07) is 6.82. The number of anilines is 4. The fourth-order valence-electron chi connectivity index (χ4n) is 3.34. The quantitative estimate of drug-likeness (QED) is 0.292. The van der Waals surface area contributed by atoms with Gasteiger partial charge in [0.1, 0.15) is 0 Å². The largest absolute Gasteiger partial charge is 0.416 e. The van der Waals surface area contributed by atoms with Crippen LogP contribution < -0.4 is 20.0 Å². The molecule has 4 rings (SSSR count). The number of alkyl halides is 3. The Balaban J connectivity index is 1.41. The number of nitrogens with one attached hydrogen (secondary N) is 1. The SMILES string of the molecule is CN(C)c1cc(Nc2ccc(/C=N/Oc3ncc(F)c(N4CCOCC4)n3)nc2)cc(C(F)(F)F)c1. The van der Waals surface area contributed by atoms with Gasteiger partial charge in [0, 0.05) is 38.6 Å². The molecule has 0 radical (unpaired) electrons. The normalized spacial score (nSPS) is 14.2. The maximum atomic E-state index is 14.1. The topological polar surface area (TPSA) is 88.0 Å². The van der Waals surface area contributed by atoms with Crippen LogP contribution in [0.1, 0.15) is 11.3 Å². The van der Waals surface area contributed by atoms with Gasteiger partial charge >= 0.3 is 12.2 Å². The maximum absolute atomic E-state index is 14.1. The average Bonchev–Trinajstić information content (AvgIpc) is 2.86. The van der Waals surface area contributed by atoms with Gasteiger partial charge in [-0.2, -0.15) is 23.1 Å². The second kappa shape index (κ2) is 10.7. The van der Waals surface area contributed by atoms with Crippen LogP contribution in [0.15, 0.2) is 47.9 Å². The van der Waals surface area contributed by atoms with Crippen molar-refractivity contribution in [1.29, 1.82) is 0 Å². The third-order valence-electron chi connectivity index (χ3n) is 5.17. The number of aromatic nitrogens is 3. The number of morpholine rings is 1. The van der Waals surface area contributed by atoms with Gasteiger partial charge in [0.2, 0.25) is 0 Å². The molecule has 1 fully saturated rings. The molecule has 0 atom stereocenters. The van der Waals surface area contributed by atoms with Gasteiger partial charge in [0.05, 0.1) is 48.8 Å². The number of hydrogen-bond donors (Lipinski definition) is 1. The summed E-state index contributed by atoms with van der Waals surface area (Å²) in [5, 5.41) is 6.71. The van der Waals surface area contributed by atoms with E-state index in [1.165, 1.54) is 12.4 Å². The number of hydrogen-bond acceptors (Lipinski definition) is 9. The Morgan fingerprint density at radius 3 is 2.53 bits per heavy atom. The zero-order valence-corrected chi connectivity index (χ0v) is 19.5. The lowest BCUT2D eigenvalue weighted by Crippen LogP contribution is -2.37. The Hall–Kier alpha value is -4.00. The molecule has 1 aliphatic heterocycles. The number of benzene rings is 1. The van der Waals surface area contributed by atoms with Gasteiger partial charge in [0.15, 0.2) is 11.6 Å². The van der Waals surface area contributed by atoms with Crippen LogP contribution in [0.4, 0.5) is 40.4 Å². The van der Waals surface area contributed by atoms with Gasteiger partial charge in [-0.15, -0.1) is 0 Å². The van der Waals surface area contributed by atoms with Crippen LogP contribution in [0, 0.1) is 5.82 Å². The zero-order valence-electron chi connectivity index (χ0n) is 19.5. The Kier molecular flexibility index (Phi) is 7.48. The van der Waals surface area contributed by atoms with E-state index in [0.717, 1.165) is 18.3 Å². The summed E-state index contributed by atoms with van der Waals surface area (Å²) in [4.78, 5) is 20.5. The number of rotatable bonds is 7. The number of pyridine rings is 1. The predicted octanol–water partition coefficient (Wildman–Crippen LogP) is 4.09. The lowest BCUT2D eigenvalue weighted by atomic mass is 10.1. The monoisotopic (exact) mass is 505 g/mol. The van der Waals surface area contributed by atoms with Crippen molar-refractivity contribution in [3.05, 3.63) is 59.8 Å². The molecule has 190 valence electrons. The highest BCUT2D eigenvalue weighted by atomic mass is 19.4. The third-order valence-corrected chi connectivity index (χ3v) is 5.17. The van der Waals surface area contributed by atoms with Crippen molar-refractivity contribution in [2.75, 3.05) is 55.5 Å². The molecule has 2 aromatic heterocycles. The minimum Gasteiger partial charge on any atom is -0.378 e. The zero-order chi connectivity index (χ0) is 25.7. The lowest BCUT2D eigenvalue weighted by molar-refractivity contribution is -0.137. The van der Waals surface area contributed by atoms with Crippen molar-refractivity contribution in [3.8, 4) is 6.01 Å². The second-order valence-corrected chi connectivity index (χ2v) is 8.01. The van der Waals surface area contributed by atoms with Crippen LogP contribution in [0.2, 0.25) is 0 Å². The van der Waals surface area contributed by atoms with Gasteiger partial charge in [-0.3, -0.25) is 4.98 Å². The van der Waals surface area contributed by atoms with Crippen LogP contribution in [0.3, 0.4) is 0 Å². The van der Waals surface area contributed by atoms with E-state index in [1.54, 1.807) is 42.1 Å². The number of halogens is 4. The van der Waals surface area contributed by atoms with Crippen molar-refractivity contribution in [2.45, 2.75) is 6.18 Å². The molecule has 0 saturated carbocycles. The van der Waals surface area contributed by atoms with Gasteiger partial charge in [-0.1, -0.05) is 5.16 Å². The Morgan fingerprint density at radius 2 is 1.86 bits per heavy atom. The fourth-order valence-corrected chi connectivity index (χ4v) is 3.34.